The van der Waals surface area contributed by atoms with Crippen molar-refractivity contribution in [3.63, 3.8) is 0 Å². The number of hydrogen-bond acceptors (Lipinski definition) is 8. The lowest BCUT2D eigenvalue weighted by atomic mass is 10.0. The molecule has 1 aromatic carbocycles. The predicted molar refractivity (Wildman–Crippen MR) is 138 cm³/mol. The lowest BCUT2D eigenvalue weighted by Gasteiger charge is -2.45. The zero-order chi connectivity index (χ0) is 25.3. The number of carbonyl (C=O) groups is 1. The quantitative estimate of drug-likeness (QED) is 0.532. The number of piperazine rings is 1. The number of ether oxygens (including phenoxy) is 1. The number of anilines is 3. The molecule has 3 aromatic rings. The van der Waals surface area contributed by atoms with E-state index in [2.05, 4.69) is 46.3 Å². The van der Waals surface area contributed by atoms with Crippen LogP contribution in [-0.4, -0.2) is 71.2 Å². The molecular formula is C24H30ClN7O3. The van der Waals surface area contributed by atoms with Crippen LogP contribution in [0.3, 0.4) is 0 Å². The van der Waals surface area contributed by atoms with Crippen LogP contribution < -0.4 is 25.8 Å². The highest BCUT2D eigenvalue weighted by atomic mass is 35.5. The third-order valence-electron chi connectivity index (χ3n) is 6.42. The van der Waals surface area contributed by atoms with Gasteiger partial charge in [-0.3, -0.25) is 14.5 Å². The molecule has 0 radical (unpaired) electrons. The fourth-order valence-corrected chi connectivity index (χ4v) is 4.13. The van der Waals surface area contributed by atoms with Crippen LogP contribution in [0.4, 0.5) is 17.5 Å². The maximum Gasteiger partial charge on any atom is 0.293 e. The maximum atomic E-state index is 12.6. The topological polar surface area (TPSA) is 105 Å². The molecule has 10 nitrogen and oxygen atoms in total. The van der Waals surface area contributed by atoms with E-state index in [1.54, 1.807) is 19.3 Å². The highest BCUT2D eigenvalue weighted by Gasteiger charge is 2.32. The summed E-state index contributed by atoms with van der Waals surface area (Å²) in [7, 11) is 5.30. The van der Waals surface area contributed by atoms with Crippen molar-refractivity contribution in [2.24, 2.45) is 7.05 Å². The number of hydrogen-bond donors (Lipinski definition) is 2. The van der Waals surface area contributed by atoms with Crippen molar-refractivity contribution in [1.82, 2.24) is 24.8 Å². The van der Waals surface area contributed by atoms with E-state index in [9.17, 15) is 9.59 Å². The van der Waals surface area contributed by atoms with Gasteiger partial charge in [-0.25, -0.2) is 4.98 Å². The minimum absolute atomic E-state index is 0.000704. The first-order valence-corrected chi connectivity index (χ1v) is 11.7. The number of aryl methyl sites for hydroxylation is 1. The van der Waals surface area contributed by atoms with Crippen molar-refractivity contribution in [2.75, 3.05) is 50.6 Å². The van der Waals surface area contributed by atoms with E-state index in [1.165, 1.54) is 11.6 Å². The lowest BCUT2D eigenvalue weighted by Crippen LogP contribution is -2.58. The molecule has 4 rings (SSSR count). The molecule has 0 unspecified atom stereocenters. The van der Waals surface area contributed by atoms with Crippen LogP contribution in [0.15, 0.2) is 35.3 Å². The molecule has 1 amide bonds. The number of benzene rings is 1. The van der Waals surface area contributed by atoms with E-state index in [4.69, 9.17) is 21.3 Å². The van der Waals surface area contributed by atoms with E-state index in [-0.39, 0.29) is 29.4 Å². The van der Waals surface area contributed by atoms with E-state index >= 15 is 0 Å². The first-order valence-electron chi connectivity index (χ1n) is 11.3. The van der Waals surface area contributed by atoms with Crippen LogP contribution in [0.2, 0.25) is 5.02 Å². The molecule has 3 heterocycles. The molecule has 186 valence electrons. The number of amides is 1. The summed E-state index contributed by atoms with van der Waals surface area (Å²) < 4.78 is 6.94. The number of nitrogens with one attached hydrogen (secondary N) is 2. The van der Waals surface area contributed by atoms with Gasteiger partial charge in [-0.05, 0) is 45.2 Å². The smallest absolute Gasteiger partial charge is 0.293 e. The number of likely N-dealkylation sites (N-methyl/N-ethyl adjacent to an activating group) is 2. The van der Waals surface area contributed by atoms with E-state index in [0.29, 0.717) is 16.8 Å². The average molecular weight is 500 g/mol. The first kappa shape index (κ1) is 24.7. The molecule has 2 N–H and O–H groups in total. The fourth-order valence-electron chi connectivity index (χ4n) is 4.00. The molecule has 0 bridgehead atoms. The zero-order valence-corrected chi connectivity index (χ0v) is 21.3. The van der Waals surface area contributed by atoms with Crippen LogP contribution in [0.5, 0.6) is 5.75 Å². The molecule has 1 aliphatic heterocycles. The summed E-state index contributed by atoms with van der Waals surface area (Å²) in [6.45, 7) is 6.69. The Bertz CT molecular complexity index is 1320. The average Bonchev–Trinajstić information content (AvgIpc) is 2.83. The number of nitrogens with zero attached hydrogens (tertiary/aromatic N) is 5. The molecular weight excluding hydrogens is 470 g/mol. The van der Waals surface area contributed by atoms with Crippen LogP contribution in [0, 0.1) is 0 Å². The third-order valence-corrected chi connectivity index (χ3v) is 6.70. The van der Waals surface area contributed by atoms with Gasteiger partial charge in [0.2, 0.25) is 5.95 Å². The molecule has 2 aromatic heterocycles. The molecule has 35 heavy (non-hydrogen) atoms. The van der Waals surface area contributed by atoms with Gasteiger partial charge in [-0.1, -0.05) is 11.6 Å². The van der Waals surface area contributed by atoms with Gasteiger partial charge in [0.25, 0.3) is 11.5 Å². The van der Waals surface area contributed by atoms with Crippen LogP contribution in [0.1, 0.15) is 13.8 Å². The Morgan fingerprint density at radius 2 is 2.00 bits per heavy atom. The minimum atomic E-state index is -0.319. The maximum absolute atomic E-state index is 12.6. The summed E-state index contributed by atoms with van der Waals surface area (Å²) >= 11 is 6.42. The Balaban J connectivity index is 1.62. The van der Waals surface area contributed by atoms with Gasteiger partial charge >= 0.3 is 0 Å². The highest BCUT2D eigenvalue weighted by molar-refractivity contribution is 6.32. The SMILES string of the molecule is CNC(=O)COc1cc2cc(Nc3nc(N4CCN(C)C(C)(C)C4)ncc3Cl)ccc2n(C)c1=O. The van der Waals surface area contributed by atoms with E-state index < -0.39 is 0 Å². The van der Waals surface area contributed by atoms with Gasteiger partial charge in [0.1, 0.15) is 5.02 Å². The predicted octanol–water partition coefficient (Wildman–Crippen LogP) is 2.38. The standard InChI is InChI=1S/C24H30ClN7O3/c1-24(2)14-32(9-8-30(24)4)23-27-12-17(25)21(29-23)28-16-6-7-18-15(10-16)11-19(22(34)31(18)5)35-13-20(33)26-3/h6-7,10-12H,8-9,13-14H2,1-5H3,(H,26,33)(H,27,28,29). The Hall–Kier alpha value is -3.37. The monoisotopic (exact) mass is 499 g/mol. The van der Waals surface area contributed by atoms with Gasteiger partial charge in [-0.15, -0.1) is 0 Å². The van der Waals surface area contributed by atoms with Crippen molar-refractivity contribution < 1.29 is 9.53 Å². The number of pyridine rings is 1. The molecule has 0 saturated carbocycles. The molecule has 1 saturated heterocycles. The van der Waals surface area contributed by atoms with Crippen LogP contribution in [-0.2, 0) is 11.8 Å². The van der Waals surface area contributed by atoms with Crippen molar-refractivity contribution in [3.8, 4) is 5.75 Å². The summed E-state index contributed by atoms with van der Waals surface area (Å²) in [6, 6.07) is 7.19. The second-order valence-electron chi connectivity index (χ2n) is 9.26. The van der Waals surface area contributed by atoms with Gasteiger partial charge in [-0.2, -0.15) is 4.98 Å². The first-order chi connectivity index (χ1) is 16.6. The van der Waals surface area contributed by atoms with Crippen molar-refractivity contribution in [2.45, 2.75) is 19.4 Å². The number of carbonyl (C=O) groups excluding carboxylic acids is 1. The van der Waals surface area contributed by atoms with Crippen LogP contribution in [0.25, 0.3) is 10.9 Å². The van der Waals surface area contributed by atoms with Gasteiger partial charge in [0.15, 0.2) is 18.2 Å². The summed E-state index contributed by atoms with van der Waals surface area (Å²) in [5.41, 5.74) is 1.14. The number of aromatic nitrogens is 3. The Morgan fingerprint density at radius 3 is 2.71 bits per heavy atom. The Kier molecular flexibility index (Phi) is 6.86. The normalized spacial score (nSPS) is 15.8. The molecule has 1 aliphatic rings. The second kappa shape index (κ2) is 9.71. The van der Waals surface area contributed by atoms with Crippen molar-refractivity contribution in [3.05, 3.63) is 45.8 Å². The van der Waals surface area contributed by atoms with E-state index in [1.807, 2.05) is 18.2 Å². The van der Waals surface area contributed by atoms with Gasteiger partial charge in [0, 0.05) is 50.3 Å². The summed E-state index contributed by atoms with van der Waals surface area (Å²) in [4.78, 5) is 37.8. The third kappa shape index (κ3) is 5.18. The highest BCUT2D eigenvalue weighted by Crippen LogP contribution is 2.29. The molecule has 1 fully saturated rings. The largest absolute Gasteiger partial charge is 0.478 e. The number of halogens is 1. The Labute approximate surface area is 208 Å². The number of fused-ring (bicyclic) bond motifs is 1. The van der Waals surface area contributed by atoms with Gasteiger partial charge < -0.3 is 24.8 Å². The van der Waals surface area contributed by atoms with Crippen molar-refractivity contribution in [1.29, 1.82) is 0 Å². The molecule has 0 spiro atoms. The summed E-state index contributed by atoms with van der Waals surface area (Å²) in [5, 5.41) is 6.90. The summed E-state index contributed by atoms with van der Waals surface area (Å²) in [5.74, 6) is 0.890. The lowest BCUT2D eigenvalue weighted by molar-refractivity contribution is -0.122. The van der Waals surface area contributed by atoms with E-state index in [0.717, 1.165) is 36.2 Å². The second-order valence-corrected chi connectivity index (χ2v) is 9.66. The summed E-state index contributed by atoms with van der Waals surface area (Å²) in [6.07, 6.45) is 1.60. The minimum Gasteiger partial charge on any atom is -0.478 e. The molecule has 0 aliphatic carbocycles. The van der Waals surface area contributed by atoms with Crippen LogP contribution >= 0.6 is 11.6 Å². The van der Waals surface area contributed by atoms with Crippen molar-refractivity contribution >= 4 is 45.9 Å². The zero-order valence-electron chi connectivity index (χ0n) is 20.6. The molecule has 0 atom stereocenters. The molecule has 11 heteroatoms. The number of rotatable bonds is 6. The van der Waals surface area contributed by atoms with Gasteiger partial charge in [0.05, 0.1) is 11.7 Å². The Morgan fingerprint density at radius 1 is 1.23 bits per heavy atom. The fraction of sp³-hybridized carbons (Fsp3) is 0.417.